The molecule has 1 N–H and O–H groups in total. The number of urea groups is 1. The van der Waals surface area contributed by atoms with Gasteiger partial charge in [-0.05, 0) is 25.2 Å². The lowest BCUT2D eigenvalue weighted by atomic mass is 9.95. The molecule has 1 unspecified atom stereocenters. The van der Waals surface area contributed by atoms with Gasteiger partial charge in [-0.2, -0.15) is 0 Å². The highest BCUT2D eigenvalue weighted by Crippen LogP contribution is 2.20. The van der Waals surface area contributed by atoms with E-state index in [1.165, 1.54) is 4.90 Å². The van der Waals surface area contributed by atoms with Gasteiger partial charge < -0.3 is 14.9 Å². The summed E-state index contributed by atoms with van der Waals surface area (Å²) in [6.45, 7) is 1.26. The summed E-state index contributed by atoms with van der Waals surface area (Å²) in [5.74, 6) is -0.204. The van der Waals surface area contributed by atoms with E-state index in [-0.39, 0.29) is 31.5 Å². The normalized spacial score (nSPS) is 23.7. The van der Waals surface area contributed by atoms with E-state index in [1.807, 2.05) is 0 Å². The predicted octanol–water partition coefficient (Wildman–Crippen LogP) is -0.499. The molecule has 2 saturated heterocycles. The molecule has 112 valence electrons. The highest BCUT2D eigenvalue weighted by Gasteiger charge is 2.36. The molecule has 2 heterocycles. The summed E-state index contributed by atoms with van der Waals surface area (Å²) in [4.78, 5) is 39.6. The minimum Gasteiger partial charge on any atom is -0.396 e. The van der Waals surface area contributed by atoms with Crippen LogP contribution in [0.25, 0.3) is 0 Å². The Morgan fingerprint density at radius 2 is 2.15 bits per heavy atom. The van der Waals surface area contributed by atoms with E-state index in [0.29, 0.717) is 25.4 Å². The van der Waals surface area contributed by atoms with Gasteiger partial charge in [-0.15, -0.1) is 0 Å². The van der Waals surface area contributed by atoms with Gasteiger partial charge in [0.1, 0.15) is 13.1 Å². The van der Waals surface area contributed by atoms with Crippen LogP contribution in [0.3, 0.4) is 0 Å². The van der Waals surface area contributed by atoms with E-state index in [9.17, 15) is 14.4 Å². The molecule has 0 spiro atoms. The zero-order valence-electron chi connectivity index (χ0n) is 11.7. The Hall–Kier alpha value is -1.63. The summed E-state index contributed by atoms with van der Waals surface area (Å²) in [5.41, 5.74) is 0. The molecule has 20 heavy (non-hydrogen) atoms. The van der Waals surface area contributed by atoms with E-state index in [2.05, 4.69) is 0 Å². The number of likely N-dealkylation sites (tertiary alicyclic amines) is 1. The maximum atomic E-state index is 12.2. The minimum absolute atomic E-state index is 0.0409. The molecule has 0 aromatic carbocycles. The number of rotatable bonds is 4. The second kappa shape index (κ2) is 6.21. The van der Waals surface area contributed by atoms with Crippen LogP contribution < -0.4 is 0 Å². The molecule has 2 rings (SSSR count). The summed E-state index contributed by atoms with van der Waals surface area (Å²) in [7, 11) is 1.54. The van der Waals surface area contributed by atoms with Crippen molar-refractivity contribution in [2.75, 3.05) is 39.8 Å². The molecule has 0 saturated carbocycles. The van der Waals surface area contributed by atoms with Crippen LogP contribution in [-0.2, 0) is 9.59 Å². The maximum Gasteiger partial charge on any atom is 0.327 e. The van der Waals surface area contributed by atoms with Crippen LogP contribution in [0.4, 0.5) is 4.79 Å². The van der Waals surface area contributed by atoms with Gasteiger partial charge in [0.2, 0.25) is 5.91 Å². The van der Waals surface area contributed by atoms with Crippen LogP contribution in [0.5, 0.6) is 0 Å². The van der Waals surface area contributed by atoms with Crippen LogP contribution in [0, 0.1) is 5.92 Å². The fraction of sp³-hybridized carbons (Fsp3) is 0.769. The van der Waals surface area contributed by atoms with Crippen molar-refractivity contribution in [3.8, 4) is 0 Å². The third kappa shape index (κ3) is 3.09. The van der Waals surface area contributed by atoms with Crippen molar-refractivity contribution in [3.05, 3.63) is 0 Å². The van der Waals surface area contributed by atoms with E-state index in [4.69, 9.17) is 5.11 Å². The number of imide groups is 1. The van der Waals surface area contributed by atoms with Crippen LogP contribution in [0.2, 0.25) is 0 Å². The monoisotopic (exact) mass is 283 g/mol. The Bertz CT molecular complexity index is 410. The highest BCUT2D eigenvalue weighted by atomic mass is 16.3. The molecule has 0 aliphatic carbocycles. The Labute approximate surface area is 118 Å². The number of aliphatic hydroxyl groups excluding tert-OH is 1. The molecule has 2 fully saturated rings. The van der Waals surface area contributed by atoms with Crippen molar-refractivity contribution in [1.82, 2.24) is 14.7 Å². The van der Waals surface area contributed by atoms with E-state index in [1.54, 1.807) is 11.9 Å². The van der Waals surface area contributed by atoms with Crippen molar-refractivity contribution in [2.45, 2.75) is 19.3 Å². The van der Waals surface area contributed by atoms with Crippen LogP contribution >= 0.6 is 0 Å². The zero-order valence-corrected chi connectivity index (χ0v) is 11.7. The Kier molecular flexibility index (Phi) is 4.59. The van der Waals surface area contributed by atoms with Crippen molar-refractivity contribution >= 4 is 17.8 Å². The van der Waals surface area contributed by atoms with Crippen molar-refractivity contribution in [1.29, 1.82) is 0 Å². The first-order chi connectivity index (χ1) is 9.52. The molecule has 1 atom stereocenters. The molecule has 0 aromatic heterocycles. The van der Waals surface area contributed by atoms with E-state index in [0.717, 1.165) is 17.7 Å². The third-order valence-corrected chi connectivity index (χ3v) is 3.93. The molecular weight excluding hydrogens is 262 g/mol. The molecule has 0 bridgehead atoms. The molecule has 7 nitrogen and oxygen atoms in total. The minimum atomic E-state index is -0.410. The van der Waals surface area contributed by atoms with Gasteiger partial charge in [0.25, 0.3) is 5.91 Å². The molecule has 0 radical (unpaired) electrons. The number of nitrogens with zero attached hydrogens (tertiary/aromatic N) is 3. The number of hydrogen-bond donors (Lipinski definition) is 1. The summed E-state index contributed by atoms with van der Waals surface area (Å²) >= 11 is 0. The zero-order chi connectivity index (χ0) is 14.7. The second-order valence-electron chi connectivity index (χ2n) is 5.48. The Morgan fingerprint density at radius 1 is 1.40 bits per heavy atom. The molecule has 4 amide bonds. The van der Waals surface area contributed by atoms with Gasteiger partial charge in [0, 0.05) is 26.7 Å². The van der Waals surface area contributed by atoms with Gasteiger partial charge in [-0.1, -0.05) is 0 Å². The number of aliphatic hydroxyl groups is 1. The first-order valence-electron chi connectivity index (χ1n) is 6.97. The number of likely N-dealkylation sites (N-methyl/N-ethyl adjacent to an activating group) is 1. The summed E-state index contributed by atoms with van der Waals surface area (Å²) in [5, 5.41) is 8.97. The van der Waals surface area contributed by atoms with Crippen molar-refractivity contribution in [3.63, 3.8) is 0 Å². The van der Waals surface area contributed by atoms with Crippen LogP contribution in [0.1, 0.15) is 19.3 Å². The fourth-order valence-corrected chi connectivity index (χ4v) is 2.77. The average Bonchev–Trinajstić information content (AvgIpc) is 2.66. The van der Waals surface area contributed by atoms with Gasteiger partial charge in [0.05, 0.1) is 0 Å². The van der Waals surface area contributed by atoms with Gasteiger partial charge in [-0.3, -0.25) is 14.5 Å². The Morgan fingerprint density at radius 3 is 2.75 bits per heavy atom. The SMILES string of the molecule is CN1CC(=O)N(CC(=O)N2CCCC(CCO)C2)C1=O. The van der Waals surface area contributed by atoms with E-state index >= 15 is 0 Å². The lowest BCUT2D eigenvalue weighted by Crippen LogP contribution is -2.46. The third-order valence-electron chi connectivity index (χ3n) is 3.93. The fourth-order valence-electron chi connectivity index (χ4n) is 2.77. The van der Waals surface area contributed by atoms with Crippen molar-refractivity contribution in [2.24, 2.45) is 5.92 Å². The van der Waals surface area contributed by atoms with Crippen molar-refractivity contribution < 1.29 is 19.5 Å². The van der Waals surface area contributed by atoms with Crippen LogP contribution in [0.15, 0.2) is 0 Å². The molecular formula is C13H21N3O4. The maximum absolute atomic E-state index is 12.2. The van der Waals surface area contributed by atoms with Crippen LogP contribution in [-0.4, -0.2) is 77.5 Å². The number of carbonyl (C=O) groups is 3. The molecule has 0 aromatic rings. The number of carbonyl (C=O) groups excluding carboxylic acids is 3. The summed E-state index contributed by atoms with van der Waals surface area (Å²) in [6, 6.07) is -0.410. The van der Waals surface area contributed by atoms with Gasteiger partial charge >= 0.3 is 6.03 Å². The quantitative estimate of drug-likeness (QED) is 0.705. The first-order valence-corrected chi connectivity index (χ1v) is 6.97. The number of piperidine rings is 1. The molecule has 2 aliphatic rings. The highest BCUT2D eigenvalue weighted by molar-refractivity contribution is 6.04. The largest absolute Gasteiger partial charge is 0.396 e. The second-order valence-corrected chi connectivity index (χ2v) is 5.48. The first kappa shape index (κ1) is 14.8. The summed E-state index contributed by atoms with van der Waals surface area (Å²) in [6.07, 6.45) is 2.60. The smallest absolute Gasteiger partial charge is 0.327 e. The van der Waals surface area contributed by atoms with Gasteiger partial charge in [-0.25, -0.2) is 4.79 Å². The lowest BCUT2D eigenvalue weighted by Gasteiger charge is -2.33. The lowest BCUT2D eigenvalue weighted by molar-refractivity contribution is -0.137. The molecule has 2 aliphatic heterocycles. The van der Waals surface area contributed by atoms with Gasteiger partial charge in [0.15, 0.2) is 0 Å². The predicted molar refractivity (Wildman–Crippen MR) is 70.7 cm³/mol. The Balaban J connectivity index is 1.91. The molecule has 7 heteroatoms. The average molecular weight is 283 g/mol. The summed E-state index contributed by atoms with van der Waals surface area (Å²) < 4.78 is 0. The van der Waals surface area contributed by atoms with E-state index < -0.39 is 6.03 Å². The standard InChI is InChI=1S/C13H21N3O4/c1-14-8-12(19)16(13(14)20)9-11(18)15-5-2-3-10(7-15)4-6-17/h10,17H,2-9H2,1H3. The number of hydrogen-bond acceptors (Lipinski definition) is 4. The topological polar surface area (TPSA) is 81.2 Å². The number of amides is 4.